The number of nitrogens with zero attached hydrogens (tertiary/aromatic N) is 2. The molecule has 17 heavy (non-hydrogen) atoms. The van der Waals surface area contributed by atoms with Gasteiger partial charge in [-0.25, -0.2) is 0 Å². The third-order valence-corrected chi connectivity index (χ3v) is 3.99. The summed E-state index contributed by atoms with van der Waals surface area (Å²) in [6.45, 7) is 7.11. The van der Waals surface area contributed by atoms with Crippen LogP contribution in [0.25, 0.3) is 0 Å². The van der Waals surface area contributed by atoms with Crippen LogP contribution in [0.2, 0.25) is 0 Å². The van der Waals surface area contributed by atoms with Crippen LogP contribution in [0.4, 0.5) is 5.69 Å². The molecular formula is C15H22N2. The van der Waals surface area contributed by atoms with Crippen LogP contribution < -0.4 is 4.90 Å². The van der Waals surface area contributed by atoms with Crippen molar-refractivity contribution in [1.29, 1.82) is 0 Å². The molecule has 3 rings (SSSR count). The van der Waals surface area contributed by atoms with Crippen LogP contribution in [0.3, 0.4) is 0 Å². The van der Waals surface area contributed by atoms with Gasteiger partial charge in [0, 0.05) is 37.9 Å². The van der Waals surface area contributed by atoms with Gasteiger partial charge in [-0.1, -0.05) is 17.7 Å². The van der Waals surface area contributed by atoms with E-state index >= 15 is 0 Å². The summed E-state index contributed by atoms with van der Waals surface area (Å²) in [5.74, 6) is 0. The molecule has 2 aliphatic rings. The maximum atomic E-state index is 2.69. The van der Waals surface area contributed by atoms with Gasteiger partial charge in [0.15, 0.2) is 0 Å². The highest BCUT2D eigenvalue weighted by atomic mass is 15.2. The first-order valence-corrected chi connectivity index (χ1v) is 6.88. The van der Waals surface area contributed by atoms with E-state index in [1.165, 1.54) is 56.7 Å². The molecule has 0 N–H and O–H groups in total. The van der Waals surface area contributed by atoms with E-state index in [2.05, 4.69) is 41.0 Å². The SMILES string of the molecule is Cc1ccc(N2CCCN(C3CC3)CC2)cc1. The first-order valence-electron chi connectivity index (χ1n) is 6.88. The lowest BCUT2D eigenvalue weighted by Gasteiger charge is -2.23. The average molecular weight is 230 g/mol. The van der Waals surface area contributed by atoms with Crippen LogP contribution in [0.5, 0.6) is 0 Å². The van der Waals surface area contributed by atoms with E-state index < -0.39 is 0 Å². The molecule has 0 spiro atoms. The topological polar surface area (TPSA) is 6.48 Å². The zero-order chi connectivity index (χ0) is 11.7. The normalized spacial score (nSPS) is 22.5. The van der Waals surface area contributed by atoms with Crippen LogP contribution in [0.15, 0.2) is 24.3 Å². The summed E-state index contributed by atoms with van der Waals surface area (Å²) >= 11 is 0. The summed E-state index contributed by atoms with van der Waals surface area (Å²) in [4.78, 5) is 5.23. The lowest BCUT2D eigenvalue weighted by molar-refractivity contribution is 0.283. The summed E-state index contributed by atoms with van der Waals surface area (Å²) in [6.07, 6.45) is 4.18. The quantitative estimate of drug-likeness (QED) is 0.770. The molecule has 0 radical (unpaired) electrons. The van der Waals surface area contributed by atoms with Crippen molar-refractivity contribution in [1.82, 2.24) is 4.90 Å². The number of rotatable bonds is 2. The lowest BCUT2D eigenvalue weighted by atomic mass is 10.2. The number of aryl methyl sites for hydroxylation is 1. The molecule has 0 bridgehead atoms. The monoisotopic (exact) mass is 230 g/mol. The third kappa shape index (κ3) is 2.63. The van der Waals surface area contributed by atoms with E-state index in [0.29, 0.717) is 0 Å². The van der Waals surface area contributed by atoms with Gasteiger partial charge in [0.1, 0.15) is 0 Å². The Labute approximate surface area is 104 Å². The number of hydrogen-bond acceptors (Lipinski definition) is 2. The molecule has 1 aromatic rings. The Kier molecular flexibility index (Phi) is 3.06. The van der Waals surface area contributed by atoms with E-state index in [-0.39, 0.29) is 0 Å². The van der Waals surface area contributed by atoms with Crippen molar-refractivity contribution >= 4 is 5.69 Å². The van der Waals surface area contributed by atoms with Crippen molar-refractivity contribution in [2.45, 2.75) is 32.2 Å². The maximum Gasteiger partial charge on any atom is 0.0366 e. The molecule has 1 heterocycles. The van der Waals surface area contributed by atoms with Gasteiger partial charge < -0.3 is 4.90 Å². The highest BCUT2D eigenvalue weighted by Crippen LogP contribution is 2.28. The molecule has 1 aliphatic carbocycles. The molecule has 1 saturated carbocycles. The van der Waals surface area contributed by atoms with Crippen LogP contribution in [-0.2, 0) is 0 Å². The van der Waals surface area contributed by atoms with E-state index in [9.17, 15) is 0 Å². The summed E-state index contributed by atoms with van der Waals surface area (Å²) < 4.78 is 0. The molecule has 0 unspecified atom stereocenters. The second kappa shape index (κ2) is 4.69. The second-order valence-corrected chi connectivity index (χ2v) is 5.44. The van der Waals surface area contributed by atoms with Gasteiger partial charge >= 0.3 is 0 Å². The first kappa shape index (κ1) is 11.1. The van der Waals surface area contributed by atoms with Gasteiger partial charge in [-0.2, -0.15) is 0 Å². The van der Waals surface area contributed by atoms with Crippen molar-refractivity contribution in [3.63, 3.8) is 0 Å². The molecule has 2 fully saturated rings. The Morgan fingerprint density at radius 2 is 1.71 bits per heavy atom. The lowest BCUT2D eigenvalue weighted by Crippen LogP contribution is -2.32. The van der Waals surface area contributed by atoms with Gasteiger partial charge in [-0.15, -0.1) is 0 Å². The molecule has 1 aromatic carbocycles. The van der Waals surface area contributed by atoms with E-state index in [1.807, 2.05) is 0 Å². The Morgan fingerprint density at radius 1 is 0.941 bits per heavy atom. The van der Waals surface area contributed by atoms with Gasteiger partial charge in [0.05, 0.1) is 0 Å². The zero-order valence-corrected chi connectivity index (χ0v) is 10.7. The second-order valence-electron chi connectivity index (χ2n) is 5.44. The molecule has 92 valence electrons. The average Bonchev–Trinajstić information content (AvgIpc) is 3.16. The van der Waals surface area contributed by atoms with Crippen molar-refractivity contribution in [3.05, 3.63) is 29.8 Å². The summed E-state index contributed by atoms with van der Waals surface area (Å²) in [6, 6.07) is 9.90. The van der Waals surface area contributed by atoms with Gasteiger partial charge in [0.2, 0.25) is 0 Å². The molecule has 0 aromatic heterocycles. The van der Waals surface area contributed by atoms with Gasteiger partial charge in [-0.3, -0.25) is 4.90 Å². The molecule has 1 aliphatic heterocycles. The van der Waals surface area contributed by atoms with Crippen LogP contribution in [0.1, 0.15) is 24.8 Å². The van der Waals surface area contributed by atoms with Crippen molar-refractivity contribution in [3.8, 4) is 0 Å². The van der Waals surface area contributed by atoms with Crippen molar-refractivity contribution in [2.24, 2.45) is 0 Å². The Bertz CT molecular complexity index is 367. The maximum absolute atomic E-state index is 2.69. The molecule has 2 heteroatoms. The zero-order valence-electron chi connectivity index (χ0n) is 10.7. The summed E-state index contributed by atoms with van der Waals surface area (Å²) in [5, 5.41) is 0. The minimum Gasteiger partial charge on any atom is -0.370 e. The number of hydrogen-bond donors (Lipinski definition) is 0. The first-order chi connectivity index (χ1) is 8.33. The molecule has 0 amide bonds. The Balaban J connectivity index is 1.65. The minimum absolute atomic E-state index is 0.924. The van der Waals surface area contributed by atoms with E-state index in [0.717, 1.165) is 6.04 Å². The fraction of sp³-hybridized carbons (Fsp3) is 0.600. The van der Waals surface area contributed by atoms with Crippen LogP contribution in [0, 0.1) is 6.92 Å². The fourth-order valence-electron chi connectivity index (χ4n) is 2.76. The highest BCUT2D eigenvalue weighted by molar-refractivity contribution is 5.47. The van der Waals surface area contributed by atoms with E-state index in [1.54, 1.807) is 0 Å². The highest BCUT2D eigenvalue weighted by Gasteiger charge is 2.29. The van der Waals surface area contributed by atoms with Gasteiger partial charge in [-0.05, 0) is 38.3 Å². The number of anilines is 1. The van der Waals surface area contributed by atoms with E-state index in [4.69, 9.17) is 0 Å². The molecule has 2 nitrogen and oxygen atoms in total. The van der Waals surface area contributed by atoms with Crippen molar-refractivity contribution < 1.29 is 0 Å². The molecular weight excluding hydrogens is 208 g/mol. The smallest absolute Gasteiger partial charge is 0.0366 e. The van der Waals surface area contributed by atoms with Crippen LogP contribution >= 0.6 is 0 Å². The Morgan fingerprint density at radius 3 is 2.41 bits per heavy atom. The standard InChI is InChI=1S/C15H22N2/c1-13-3-5-14(6-4-13)16-9-2-10-17(12-11-16)15-7-8-15/h3-6,15H,2,7-12H2,1H3. The Hall–Kier alpha value is -1.02. The summed E-state index contributed by atoms with van der Waals surface area (Å²) in [5.41, 5.74) is 2.75. The predicted molar refractivity (Wildman–Crippen MR) is 72.6 cm³/mol. The fourth-order valence-corrected chi connectivity index (χ4v) is 2.76. The largest absolute Gasteiger partial charge is 0.370 e. The predicted octanol–water partition coefficient (Wildman–Crippen LogP) is 2.67. The van der Waals surface area contributed by atoms with Gasteiger partial charge in [0.25, 0.3) is 0 Å². The molecule has 0 atom stereocenters. The number of benzene rings is 1. The minimum atomic E-state index is 0.924. The van der Waals surface area contributed by atoms with Crippen molar-refractivity contribution in [2.75, 3.05) is 31.1 Å². The molecule has 1 saturated heterocycles. The summed E-state index contributed by atoms with van der Waals surface area (Å²) in [7, 11) is 0. The van der Waals surface area contributed by atoms with Crippen LogP contribution in [-0.4, -0.2) is 37.1 Å². The third-order valence-electron chi connectivity index (χ3n) is 3.99.